The molecule has 7 heteroatoms. The molecule has 37 heavy (non-hydrogen) atoms. The van der Waals surface area contributed by atoms with E-state index >= 15 is 0 Å². The molecular weight excluding hydrogens is 464 g/mol. The third kappa shape index (κ3) is 7.27. The van der Waals surface area contributed by atoms with E-state index in [1.165, 1.54) is 0 Å². The fraction of sp³-hybridized carbons (Fsp3) is 0.133. The molecule has 4 aromatic rings. The van der Waals surface area contributed by atoms with Crippen LogP contribution in [0.5, 0.6) is 11.5 Å². The van der Waals surface area contributed by atoms with Crippen molar-refractivity contribution in [1.82, 2.24) is 10.9 Å². The topological polar surface area (TPSA) is 119 Å². The summed E-state index contributed by atoms with van der Waals surface area (Å²) >= 11 is 0. The molecule has 0 heterocycles. The predicted octanol–water partition coefficient (Wildman–Crippen LogP) is 4.66. The highest BCUT2D eigenvalue weighted by Gasteiger charge is 2.05. The van der Waals surface area contributed by atoms with Gasteiger partial charge in [0.2, 0.25) is 11.8 Å². The maximum atomic E-state index is 11.3. The van der Waals surface area contributed by atoms with Gasteiger partial charge in [0.1, 0.15) is 11.5 Å². The van der Waals surface area contributed by atoms with Gasteiger partial charge in [-0.15, -0.1) is 0 Å². The smallest absolute Gasteiger partial charge is 0.234 e. The molecule has 2 amide bonds. The van der Waals surface area contributed by atoms with Gasteiger partial charge in [-0.3, -0.25) is 20.4 Å². The Morgan fingerprint density at radius 3 is 1.11 bits per heavy atom. The van der Waals surface area contributed by atoms with Crippen molar-refractivity contribution < 1.29 is 14.3 Å². The molecule has 0 aliphatic rings. The number of amides is 2. The molecule has 0 unspecified atom stereocenters. The molecule has 188 valence electrons. The van der Waals surface area contributed by atoms with Crippen LogP contribution in [0.1, 0.15) is 24.0 Å². The lowest BCUT2D eigenvalue weighted by atomic mass is 10.0. The zero-order valence-electron chi connectivity index (χ0n) is 20.4. The third-order valence-corrected chi connectivity index (χ3v) is 6.12. The first-order valence-corrected chi connectivity index (χ1v) is 12.1. The molecule has 4 rings (SSSR count). The maximum absolute atomic E-state index is 11.3. The Kier molecular flexibility index (Phi) is 8.65. The van der Waals surface area contributed by atoms with Crippen molar-refractivity contribution >= 4 is 11.8 Å². The largest absolute Gasteiger partial charge is 0.457 e. The van der Waals surface area contributed by atoms with Crippen molar-refractivity contribution in [2.75, 3.05) is 0 Å². The highest BCUT2D eigenvalue weighted by molar-refractivity contribution is 5.76. The van der Waals surface area contributed by atoms with Gasteiger partial charge < -0.3 is 4.74 Å². The van der Waals surface area contributed by atoms with Gasteiger partial charge in [-0.1, -0.05) is 72.8 Å². The summed E-state index contributed by atoms with van der Waals surface area (Å²) in [5, 5.41) is 0. The van der Waals surface area contributed by atoms with Gasteiger partial charge in [-0.25, -0.2) is 11.7 Å². The highest BCUT2D eigenvalue weighted by Crippen LogP contribution is 2.28. The van der Waals surface area contributed by atoms with Crippen LogP contribution < -0.4 is 27.3 Å². The molecule has 0 bridgehead atoms. The van der Waals surface area contributed by atoms with Crippen molar-refractivity contribution in [3.05, 3.63) is 108 Å². The zero-order chi connectivity index (χ0) is 26.0. The van der Waals surface area contributed by atoms with Crippen molar-refractivity contribution in [2.24, 2.45) is 11.7 Å². The lowest BCUT2D eigenvalue weighted by molar-refractivity contribution is -0.121. The Bertz CT molecular complexity index is 1210. The van der Waals surface area contributed by atoms with Crippen LogP contribution in [0.25, 0.3) is 22.3 Å². The second kappa shape index (κ2) is 12.5. The Labute approximate surface area is 216 Å². The molecular formula is C30H30N4O3. The van der Waals surface area contributed by atoms with Gasteiger partial charge in [-0.05, 0) is 70.5 Å². The third-order valence-electron chi connectivity index (χ3n) is 6.12. The number of hydrogen-bond donors (Lipinski definition) is 4. The number of nitrogens with one attached hydrogen (secondary N) is 2. The Morgan fingerprint density at radius 2 is 0.811 bits per heavy atom. The second-order valence-corrected chi connectivity index (χ2v) is 8.68. The molecule has 0 fully saturated rings. The van der Waals surface area contributed by atoms with E-state index < -0.39 is 0 Å². The number of ether oxygens (including phenoxy) is 1. The molecule has 7 nitrogen and oxygen atoms in total. The summed E-state index contributed by atoms with van der Waals surface area (Å²) < 4.78 is 6.03. The predicted molar refractivity (Wildman–Crippen MR) is 145 cm³/mol. The number of carbonyl (C=O) groups is 2. The number of benzene rings is 4. The summed E-state index contributed by atoms with van der Waals surface area (Å²) in [5.41, 5.74) is 10.8. The van der Waals surface area contributed by atoms with Gasteiger partial charge in [0, 0.05) is 12.8 Å². The minimum absolute atomic E-state index is 0.171. The van der Waals surface area contributed by atoms with Crippen LogP contribution >= 0.6 is 0 Å². The molecule has 0 saturated carbocycles. The molecule has 0 aromatic heterocycles. The lowest BCUT2D eigenvalue weighted by Gasteiger charge is -2.09. The number of hydrazine groups is 2. The van der Waals surface area contributed by atoms with E-state index in [1.807, 2.05) is 97.1 Å². The van der Waals surface area contributed by atoms with Crippen molar-refractivity contribution in [1.29, 1.82) is 0 Å². The molecule has 0 aliphatic carbocycles. The van der Waals surface area contributed by atoms with E-state index in [1.54, 1.807) is 0 Å². The Hall–Kier alpha value is -4.46. The Balaban J connectivity index is 1.33. The summed E-state index contributed by atoms with van der Waals surface area (Å²) in [7, 11) is 0. The van der Waals surface area contributed by atoms with Gasteiger partial charge in [0.15, 0.2) is 0 Å². The van der Waals surface area contributed by atoms with Crippen LogP contribution in [-0.4, -0.2) is 11.8 Å². The van der Waals surface area contributed by atoms with E-state index in [4.69, 9.17) is 16.4 Å². The van der Waals surface area contributed by atoms with E-state index in [2.05, 4.69) is 10.9 Å². The van der Waals surface area contributed by atoms with Crippen LogP contribution in [0.4, 0.5) is 0 Å². The first kappa shape index (κ1) is 25.6. The van der Waals surface area contributed by atoms with Crippen LogP contribution in [0.15, 0.2) is 97.1 Å². The summed E-state index contributed by atoms with van der Waals surface area (Å²) in [6, 6.07) is 32.2. The molecule has 0 radical (unpaired) electrons. The first-order valence-electron chi connectivity index (χ1n) is 12.1. The van der Waals surface area contributed by atoms with Crippen LogP contribution in [0.3, 0.4) is 0 Å². The van der Waals surface area contributed by atoms with Crippen molar-refractivity contribution in [2.45, 2.75) is 25.7 Å². The molecule has 0 atom stereocenters. The molecule has 6 N–H and O–H groups in total. The van der Waals surface area contributed by atoms with Crippen molar-refractivity contribution in [3.8, 4) is 33.8 Å². The normalized spacial score (nSPS) is 10.5. The van der Waals surface area contributed by atoms with Gasteiger partial charge >= 0.3 is 0 Å². The monoisotopic (exact) mass is 494 g/mol. The van der Waals surface area contributed by atoms with Crippen molar-refractivity contribution in [3.63, 3.8) is 0 Å². The lowest BCUT2D eigenvalue weighted by Crippen LogP contribution is -2.30. The average Bonchev–Trinajstić information content (AvgIpc) is 2.96. The van der Waals surface area contributed by atoms with Gasteiger partial charge in [0.05, 0.1) is 0 Å². The van der Waals surface area contributed by atoms with Gasteiger partial charge in [0.25, 0.3) is 0 Å². The number of carbonyl (C=O) groups excluding carboxylic acids is 2. The summed E-state index contributed by atoms with van der Waals surface area (Å²) in [5.74, 6) is 11.4. The standard InChI is InChI=1S/C30H30N4O3/c31-33-29(35)19-5-21-1-7-23(8-2-21)25-11-15-27(16-12-25)37-28-17-13-26(14-18-28)24-9-3-22(4-10-24)6-20-30(36)34-32/h1-4,7-18H,5-6,19-20,31-32H2,(H,33,35)(H,34,36). The van der Waals surface area contributed by atoms with Crippen LogP contribution in [-0.2, 0) is 22.4 Å². The van der Waals surface area contributed by atoms with E-state index in [9.17, 15) is 9.59 Å². The van der Waals surface area contributed by atoms with Crippen LogP contribution in [0, 0.1) is 0 Å². The molecule has 0 aliphatic heterocycles. The van der Waals surface area contributed by atoms with E-state index in [0.29, 0.717) is 25.7 Å². The summed E-state index contributed by atoms with van der Waals surface area (Å²) in [6.45, 7) is 0. The molecule has 4 aromatic carbocycles. The zero-order valence-corrected chi connectivity index (χ0v) is 20.4. The number of hydrogen-bond acceptors (Lipinski definition) is 5. The number of rotatable bonds is 10. The quantitative estimate of drug-likeness (QED) is 0.145. The first-order chi connectivity index (χ1) is 18.0. The van der Waals surface area contributed by atoms with Gasteiger partial charge in [-0.2, -0.15) is 0 Å². The van der Waals surface area contributed by atoms with E-state index in [-0.39, 0.29) is 11.8 Å². The van der Waals surface area contributed by atoms with E-state index in [0.717, 1.165) is 44.9 Å². The summed E-state index contributed by atoms with van der Waals surface area (Å²) in [6.07, 6.45) is 2.03. The maximum Gasteiger partial charge on any atom is 0.234 e. The molecule has 0 spiro atoms. The minimum Gasteiger partial charge on any atom is -0.457 e. The fourth-order valence-electron chi connectivity index (χ4n) is 3.95. The molecule has 0 saturated heterocycles. The number of nitrogens with two attached hydrogens (primary N) is 2. The SMILES string of the molecule is NNC(=O)CCc1ccc(-c2ccc(Oc3ccc(-c4ccc(CCC(=O)NN)cc4)cc3)cc2)cc1. The fourth-order valence-corrected chi connectivity index (χ4v) is 3.95. The number of aryl methyl sites for hydroxylation is 2. The second-order valence-electron chi connectivity index (χ2n) is 8.68. The average molecular weight is 495 g/mol. The minimum atomic E-state index is -0.171. The van der Waals surface area contributed by atoms with Crippen LogP contribution in [0.2, 0.25) is 0 Å². The summed E-state index contributed by atoms with van der Waals surface area (Å²) in [4.78, 5) is 22.6. The Morgan fingerprint density at radius 1 is 0.514 bits per heavy atom. The highest BCUT2D eigenvalue weighted by atomic mass is 16.5.